The molecule has 0 radical (unpaired) electrons. The Balaban J connectivity index is 1.65. The standard InChI is InChI=1S/C20H20FNO3S/c1-3-11-8-13(21)4-7-17(11)26-22-16-6-5-14-15-9-12(15)10-25-19(14)18(16)20(23)24-2/h4-8,12,15,22H,3,9-10H2,1-2H3/t12-,15?/m0/s1. The van der Waals surface area contributed by atoms with Crippen LogP contribution < -0.4 is 9.46 Å². The SMILES string of the molecule is CCc1cc(F)ccc1SNc1ccc2c(c1C(=O)OC)OC[C@@H]1CC21. The molecule has 0 amide bonds. The van der Waals surface area contributed by atoms with Gasteiger partial charge in [-0.15, -0.1) is 0 Å². The predicted molar refractivity (Wildman–Crippen MR) is 99.4 cm³/mol. The summed E-state index contributed by atoms with van der Waals surface area (Å²) in [5, 5.41) is 0. The minimum atomic E-state index is -0.418. The molecule has 26 heavy (non-hydrogen) atoms. The summed E-state index contributed by atoms with van der Waals surface area (Å²) in [6.45, 7) is 2.63. The van der Waals surface area contributed by atoms with E-state index in [4.69, 9.17) is 9.47 Å². The van der Waals surface area contributed by atoms with Crippen LogP contribution in [0.15, 0.2) is 35.2 Å². The molecule has 2 atom stereocenters. The molecular formula is C20H20FNO3S. The van der Waals surface area contributed by atoms with Gasteiger partial charge in [0.2, 0.25) is 0 Å². The van der Waals surface area contributed by atoms with Gasteiger partial charge < -0.3 is 14.2 Å². The van der Waals surface area contributed by atoms with Gasteiger partial charge in [-0.3, -0.25) is 0 Å². The van der Waals surface area contributed by atoms with Crippen molar-refractivity contribution >= 4 is 23.6 Å². The van der Waals surface area contributed by atoms with Crippen LogP contribution in [-0.2, 0) is 11.2 Å². The molecule has 1 aliphatic carbocycles. The number of esters is 1. The normalized spacial score (nSPS) is 19.8. The Hall–Kier alpha value is -2.21. The van der Waals surface area contributed by atoms with Crippen LogP contribution in [-0.4, -0.2) is 19.7 Å². The van der Waals surface area contributed by atoms with E-state index < -0.39 is 5.97 Å². The van der Waals surface area contributed by atoms with E-state index in [2.05, 4.69) is 4.72 Å². The first kappa shape index (κ1) is 17.2. The molecule has 4 nitrogen and oxygen atoms in total. The number of benzene rings is 2. The summed E-state index contributed by atoms with van der Waals surface area (Å²) in [6.07, 6.45) is 1.84. The lowest BCUT2D eigenvalue weighted by Gasteiger charge is -2.21. The second-order valence-electron chi connectivity index (χ2n) is 6.62. The predicted octanol–water partition coefficient (Wildman–Crippen LogP) is 4.79. The number of carbonyl (C=O) groups is 1. The van der Waals surface area contributed by atoms with E-state index in [1.807, 2.05) is 19.1 Å². The first-order valence-corrected chi connectivity index (χ1v) is 9.53. The first-order valence-electron chi connectivity index (χ1n) is 8.71. The summed E-state index contributed by atoms with van der Waals surface area (Å²) < 4.78 is 27.5. The fourth-order valence-corrected chi connectivity index (χ4v) is 4.33. The molecule has 0 aromatic heterocycles. The summed E-state index contributed by atoms with van der Waals surface area (Å²) in [6, 6.07) is 8.65. The Morgan fingerprint density at radius 2 is 2.23 bits per heavy atom. The van der Waals surface area contributed by atoms with Crippen LogP contribution in [0, 0.1) is 11.7 Å². The Bertz CT molecular complexity index is 870. The lowest BCUT2D eigenvalue weighted by atomic mass is 10.0. The van der Waals surface area contributed by atoms with Crippen molar-refractivity contribution in [2.75, 3.05) is 18.4 Å². The molecule has 1 aliphatic heterocycles. The fourth-order valence-electron chi connectivity index (χ4n) is 3.47. The number of anilines is 1. The lowest BCUT2D eigenvalue weighted by Crippen LogP contribution is -2.15. The lowest BCUT2D eigenvalue weighted by molar-refractivity contribution is 0.0596. The van der Waals surface area contributed by atoms with Crippen LogP contribution in [0.3, 0.4) is 0 Å². The second-order valence-corrected chi connectivity index (χ2v) is 7.47. The minimum Gasteiger partial charge on any atom is -0.492 e. The third kappa shape index (κ3) is 3.03. The van der Waals surface area contributed by atoms with Crippen molar-refractivity contribution in [2.45, 2.75) is 30.6 Å². The van der Waals surface area contributed by atoms with Crippen LogP contribution in [0.1, 0.15) is 40.7 Å². The van der Waals surface area contributed by atoms with Gasteiger partial charge in [0.1, 0.15) is 17.1 Å². The molecule has 0 saturated heterocycles. The molecule has 1 unspecified atom stereocenters. The second kappa shape index (κ2) is 6.83. The maximum Gasteiger partial charge on any atom is 0.343 e. The molecule has 0 spiro atoms. The third-order valence-electron chi connectivity index (χ3n) is 5.02. The molecule has 1 N–H and O–H groups in total. The topological polar surface area (TPSA) is 47.6 Å². The van der Waals surface area contributed by atoms with Crippen molar-refractivity contribution in [1.82, 2.24) is 0 Å². The highest BCUT2D eigenvalue weighted by molar-refractivity contribution is 8.00. The largest absolute Gasteiger partial charge is 0.492 e. The van der Waals surface area contributed by atoms with Crippen molar-refractivity contribution in [3.05, 3.63) is 52.8 Å². The maximum absolute atomic E-state index is 13.4. The number of methoxy groups -OCH3 is 1. The van der Waals surface area contributed by atoms with Crippen molar-refractivity contribution < 1.29 is 18.7 Å². The van der Waals surface area contributed by atoms with E-state index in [9.17, 15) is 9.18 Å². The Labute approximate surface area is 156 Å². The van der Waals surface area contributed by atoms with Gasteiger partial charge in [0.05, 0.1) is 19.4 Å². The fraction of sp³-hybridized carbons (Fsp3) is 0.350. The Morgan fingerprint density at radius 1 is 1.38 bits per heavy atom. The zero-order valence-corrected chi connectivity index (χ0v) is 15.5. The van der Waals surface area contributed by atoms with Gasteiger partial charge in [-0.1, -0.05) is 13.0 Å². The van der Waals surface area contributed by atoms with Gasteiger partial charge in [-0.25, -0.2) is 9.18 Å². The molecular weight excluding hydrogens is 353 g/mol. The highest BCUT2D eigenvalue weighted by Gasteiger charge is 2.45. The molecule has 1 saturated carbocycles. The molecule has 136 valence electrons. The summed E-state index contributed by atoms with van der Waals surface area (Å²) in [5.41, 5.74) is 3.08. The van der Waals surface area contributed by atoms with Crippen LogP contribution in [0.5, 0.6) is 5.75 Å². The van der Waals surface area contributed by atoms with Gasteiger partial charge in [0, 0.05) is 10.8 Å². The summed E-state index contributed by atoms with van der Waals surface area (Å²) in [5.74, 6) is 1.04. The highest BCUT2D eigenvalue weighted by Crippen LogP contribution is 2.55. The summed E-state index contributed by atoms with van der Waals surface area (Å²) in [4.78, 5) is 13.3. The average Bonchev–Trinajstić information content (AvgIpc) is 3.45. The minimum absolute atomic E-state index is 0.248. The molecule has 2 aromatic carbocycles. The van der Waals surface area contributed by atoms with Crippen LogP contribution in [0.25, 0.3) is 0 Å². The van der Waals surface area contributed by atoms with Gasteiger partial charge >= 0.3 is 5.97 Å². The molecule has 2 aliphatic rings. The quantitative estimate of drug-likeness (QED) is 0.603. The van der Waals surface area contributed by atoms with E-state index in [1.165, 1.54) is 31.2 Å². The number of hydrogen-bond donors (Lipinski definition) is 1. The van der Waals surface area contributed by atoms with E-state index in [0.29, 0.717) is 35.4 Å². The summed E-state index contributed by atoms with van der Waals surface area (Å²) in [7, 11) is 1.37. The van der Waals surface area contributed by atoms with Gasteiger partial charge in [0.15, 0.2) is 0 Å². The monoisotopic (exact) mass is 373 g/mol. The number of hydrogen-bond acceptors (Lipinski definition) is 5. The molecule has 2 aromatic rings. The van der Waals surface area contributed by atoms with Crippen LogP contribution in [0.4, 0.5) is 10.1 Å². The molecule has 1 heterocycles. The van der Waals surface area contributed by atoms with E-state index in [0.717, 1.165) is 28.9 Å². The van der Waals surface area contributed by atoms with Crippen molar-refractivity contribution in [1.29, 1.82) is 0 Å². The number of ether oxygens (including phenoxy) is 2. The highest BCUT2D eigenvalue weighted by atomic mass is 32.2. The Morgan fingerprint density at radius 3 is 3.00 bits per heavy atom. The Kier molecular flexibility index (Phi) is 4.53. The van der Waals surface area contributed by atoms with E-state index in [-0.39, 0.29) is 5.82 Å². The van der Waals surface area contributed by atoms with E-state index in [1.54, 1.807) is 6.07 Å². The van der Waals surface area contributed by atoms with Crippen LogP contribution >= 0.6 is 11.9 Å². The molecule has 1 fully saturated rings. The maximum atomic E-state index is 13.4. The number of nitrogens with one attached hydrogen (secondary N) is 1. The number of carbonyl (C=O) groups excluding carboxylic acids is 1. The zero-order valence-electron chi connectivity index (χ0n) is 14.7. The van der Waals surface area contributed by atoms with Crippen LogP contribution in [0.2, 0.25) is 0 Å². The van der Waals surface area contributed by atoms with Gasteiger partial charge in [-0.05, 0) is 66.1 Å². The average molecular weight is 373 g/mol. The molecule has 6 heteroatoms. The number of aryl methyl sites for hydroxylation is 1. The smallest absolute Gasteiger partial charge is 0.343 e. The number of rotatable bonds is 5. The van der Waals surface area contributed by atoms with E-state index >= 15 is 0 Å². The van der Waals surface area contributed by atoms with Gasteiger partial charge in [-0.2, -0.15) is 0 Å². The van der Waals surface area contributed by atoms with Gasteiger partial charge in [0.25, 0.3) is 0 Å². The van der Waals surface area contributed by atoms with Crippen molar-refractivity contribution in [2.24, 2.45) is 5.92 Å². The summed E-state index contributed by atoms with van der Waals surface area (Å²) >= 11 is 1.36. The first-order chi connectivity index (χ1) is 12.6. The number of halogens is 1. The third-order valence-corrected chi connectivity index (χ3v) is 5.96. The number of fused-ring (bicyclic) bond motifs is 3. The zero-order chi connectivity index (χ0) is 18.3. The van der Waals surface area contributed by atoms with Crippen molar-refractivity contribution in [3.63, 3.8) is 0 Å². The molecule has 0 bridgehead atoms. The molecule has 4 rings (SSSR count). The van der Waals surface area contributed by atoms with Crippen molar-refractivity contribution in [3.8, 4) is 5.75 Å².